The normalized spacial score (nSPS) is 11.0. The number of carbonyl (C=O) groups is 2. The Morgan fingerprint density at radius 1 is 1.19 bits per heavy atom. The summed E-state index contributed by atoms with van der Waals surface area (Å²) >= 11 is 3.23. The van der Waals surface area contributed by atoms with Crippen molar-refractivity contribution in [3.63, 3.8) is 0 Å². The molecule has 0 heterocycles. The van der Waals surface area contributed by atoms with Crippen LogP contribution in [0.15, 0.2) is 22.7 Å². The van der Waals surface area contributed by atoms with Crippen LogP contribution in [-0.2, 0) is 29.9 Å². The Kier molecular flexibility index (Phi) is 6.35. The number of hydrogen-bond donors (Lipinski definition) is 0. The minimum Gasteiger partial charge on any atom is -0.469 e. The molecule has 1 aromatic rings. The summed E-state index contributed by atoms with van der Waals surface area (Å²) in [7, 11) is -0.977. The van der Waals surface area contributed by atoms with Crippen LogP contribution < -0.4 is 0 Å². The number of rotatable bonds is 6. The lowest BCUT2D eigenvalue weighted by molar-refractivity contribution is -0.140. The van der Waals surface area contributed by atoms with E-state index in [0.717, 1.165) is 0 Å². The van der Waals surface area contributed by atoms with E-state index in [4.69, 9.17) is 0 Å². The third-order valence-electron chi connectivity index (χ3n) is 2.69. The van der Waals surface area contributed by atoms with Crippen molar-refractivity contribution in [2.24, 2.45) is 0 Å². The highest BCUT2D eigenvalue weighted by molar-refractivity contribution is 9.10. The number of methoxy groups -OCH3 is 2. The molecule has 8 heteroatoms. The van der Waals surface area contributed by atoms with Gasteiger partial charge in [-0.1, -0.05) is 22.0 Å². The van der Waals surface area contributed by atoms with Crippen LogP contribution in [-0.4, -0.2) is 40.3 Å². The van der Waals surface area contributed by atoms with E-state index < -0.39 is 21.8 Å². The molecule has 1 rings (SSSR count). The Balaban J connectivity index is 2.83. The summed E-state index contributed by atoms with van der Waals surface area (Å²) in [6, 6.07) is 4.52. The fourth-order valence-corrected chi connectivity index (χ4v) is 3.61. The molecule has 21 heavy (non-hydrogen) atoms. The Morgan fingerprint density at radius 3 is 2.38 bits per heavy atom. The Labute approximate surface area is 131 Å². The number of halogens is 1. The maximum atomic E-state index is 11.9. The minimum absolute atomic E-state index is 0.184. The predicted molar refractivity (Wildman–Crippen MR) is 79.6 cm³/mol. The zero-order valence-corrected chi connectivity index (χ0v) is 14.0. The highest BCUT2D eigenvalue weighted by Crippen LogP contribution is 2.22. The van der Waals surface area contributed by atoms with E-state index in [2.05, 4.69) is 25.4 Å². The largest absolute Gasteiger partial charge is 0.469 e. The lowest BCUT2D eigenvalue weighted by Gasteiger charge is -2.07. The summed E-state index contributed by atoms with van der Waals surface area (Å²) in [5.74, 6) is -1.59. The molecule has 0 amide bonds. The molecule has 6 nitrogen and oxygen atoms in total. The van der Waals surface area contributed by atoms with E-state index in [0.29, 0.717) is 15.6 Å². The van der Waals surface area contributed by atoms with Gasteiger partial charge in [0.25, 0.3) is 0 Å². The van der Waals surface area contributed by atoms with Crippen LogP contribution >= 0.6 is 15.9 Å². The highest BCUT2D eigenvalue weighted by atomic mass is 79.9. The molecule has 0 N–H and O–H groups in total. The molecule has 0 atom stereocenters. The van der Waals surface area contributed by atoms with Crippen molar-refractivity contribution < 1.29 is 27.5 Å². The standard InChI is InChI=1S/C13H15BrO6S/c1-19-12(15)5-6-21(17,18)8-10-4-3-9(7-11(10)14)13(16)20-2/h3-4,7H,5-6,8H2,1-2H3. The molecule has 0 saturated carbocycles. The van der Waals surface area contributed by atoms with Crippen molar-refractivity contribution in [2.45, 2.75) is 12.2 Å². The SMILES string of the molecule is COC(=O)CCS(=O)(=O)Cc1ccc(C(=O)OC)cc1Br. The third kappa shape index (κ3) is 5.47. The van der Waals surface area contributed by atoms with Gasteiger partial charge in [-0.15, -0.1) is 0 Å². The van der Waals surface area contributed by atoms with Gasteiger partial charge in [0, 0.05) is 4.47 Å². The fourth-order valence-electron chi connectivity index (χ4n) is 1.56. The van der Waals surface area contributed by atoms with Crippen molar-refractivity contribution in [1.29, 1.82) is 0 Å². The average Bonchev–Trinajstić information content (AvgIpc) is 2.45. The third-order valence-corrected chi connectivity index (χ3v) is 5.01. The maximum absolute atomic E-state index is 11.9. The first kappa shape index (κ1) is 17.6. The summed E-state index contributed by atoms with van der Waals surface area (Å²) < 4.78 is 33.3. The van der Waals surface area contributed by atoms with Gasteiger partial charge in [0.2, 0.25) is 0 Å². The van der Waals surface area contributed by atoms with Crippen molar-refractivity contribution in [2.75, 3.05) is 20.0 Å². The topological polar surface area (TPSA) is 86.7 Å². The Bertz CT molecular complexity index is 638. The van der Waals surface area contributed by atoms with Crippen molar-refractivity contribution in [1.82, 2.24) is 0 Å². The van der Waals surface area contributed by atoms with Crippen LogP contribution in [0.5, 0.6) is 0 Å². The van der Waals surface area contributed by atoms with Crippen LogP contribution in [0.25, 0.3) is 0 Å². The Morgan fingerprint density at radius 2 is 1.86 bits per heavy atom. The molecule has 0 aliphatic heterocycles. The molecule has 0 aromatic heterocycles. The predicted octanol–water partition coefficient (Wildman–Crippen LogP) is 1.71. The fraction of sp³-hybridized carbons (Fsp3) is 0.385. The zero-order valence-electron chi connectivity index (χ0n) is 11.6. The quantitative estimate of drug-likeness (QED) is 0.700. The first-order chi connectivity index (χ1) is 9.79. The second kappa shape index (κ2) is 7.56. The second-order valence-electron chi connectivity index (χ2n) is 4.22. The number of benzene rings is 1. The van der Waals surface area contributed by atoms with E-state index in [9.17, 15) is 18.0 Å². The summed E-state index contributed by atoms with van der Waals surface area (Å²) in [5, 5.41) is 0. The monoisotopic (exact) mass is 378 g/mol. The number of sulfone groups is 1. The molecule has 0 radical (unpaired) electrons. The Hall–Kier alpha value is -1.41. The smallest absolute Gasteiger partial charge is 0.337 e. The number of carbonyl (C=O) groups excluding carboxylic acids is 2. The van der Waals surface area contributed by atoms with Gasteiger partial charge >= 0.3 is 11.9 Å². The summed E-state index contributed by atoms with van der Waals surface area (Å²) in [4.78, 5) is 22.3. The molecule has 0 aliphatic carbocycles. The molecule has 0 fully saturated rings. The van der Waals surface area contributed by atoms with Gasteiger partial charge in [0.15, 0.2) is 9.84 Å². The van der Waals surface area contributed by atoms with Crippen LogP contribution in [0.2, 0.25) is 0 Å². The molecule has 116 valence electrons. The molecule has 0 unspecified atom stereocenters. The molecule has 0 spiro atoms. The molecule has 1 aromatic carbocycles. The van der Waals surface area contributed by atoms with E-state index in [1.807, 2.05) is 0 Å². The van der Waals surface area contributed by atoms with Gasteiger partial charge in [-0.3, -0.25) is 4.79 Å². The number of hydrogen-bond acceptors (Lipinski definition) is 6. The first-order valence-corrected chi connectivity index (χ1v) is 8.54. The average molecular weight is 379 g/mol. The summed E-state index contributed by atoms with van der Waals surface area (Å²) in [6.45, 7) is 0. The van der Waals surface area contributed by atoms with E-state index in [1.54, 1.807) is 0 Å². The van der Waals surface area contributed by atoms with Crippen molar-refractivity contribution in [3.8, 4) is 0 Å². The van der Waals surface area contributed by atoms with Crippen molar-refractivity contribution >= 4 is 37.7 Å². The zero-order chi connectivity index (χ0) is 16.0. The minimum atomic E-state index is -3.45. The van der Waals surface area contributed by atoms with E-state index in [-0.39, 0.29) is 17.9 Å². The molecule has 0 saturated heterocycles. The van der Waals surface area contributed by atoms with Crippen LogP contribution in [0.1, 0.15) is 22.3 Å². The molecular formula is C13H15BrO6S. The number of esters is 2. The van der Waals surface area contributed by atoms with E-state index in [1.165, 1.54) is 32.4 Å². The summed E-state index contributed by atoms with van der Waals surface area (Å²) in [5.41, 5.74) is 0.826. The van der Waals surface area contributed by atoms with Gasteiger partial charge < -0.3 is 9.47 Å². The number of ether oxygens (including phenoxy) is 2. The molecule has 0 aliphatic rings. The van der Waals surface area contributed by atoms with Gasteiger partial charge in [0.05, 0.1) is 37.7 Å². The maximum Gasteiger partial charge on any atom is 0.337 e. The highest BCUT2D eigenvalue weighted by Gasteiger charge is 2.17. The van der Waals surface area contributed by atoms with Gasteiger partial charge in [-0.05, 0) is 17.7 Å². The van der Waals surface area contributed by atoms with Gasteiger partial charge in [0.1, 0.15) is 0 Å². The first-order valence-electron chi connectivity index (χ1n) is 5.93. The lowest BCUT2D eigenvalue weighted by Crippen LogP contribution is -2.14. The lowest BCUT2D eigenvalue weighted by atomic mass is 10.1. The van der Waals surface area contributed by atoms with Crippen LogP contribution in [0, 0.1) is 0 Å². The van der Waals surface area contributed by atoms with Crippen molar-refractivity contribution in [3.05, 3.63) is 33.8 Å². The van der Waals surface area contributed by atoms with Crippen LogP contribution in [0.4, 0.5) is 0 Å². The van der Waals surface area contributed by atoms with Gasteiger partial charge in [-0.25, -0.2) is 13.2 Å². The molecular weight excluding hydrogens is 364 g/mol. The van der Waals surface area contributed by atoms with Crippen LogP contribution in [0.3, 0.4) is 0 Å². The second-order valence-corrected chi connectivity index (χ2v) is 7.25. The van der Waals surface area contributed by atoms with Gasteiger partial charge in [-0.2, -0.15) is 0 Å². The van der Waals surface area contributed by atoms with E-state index >= 15 is 0 Å². The molecule has 0 bridgehead atoms. The summed E-state index contributed by atoms with van der Waals surface area (Å²) in [6.07, 6.45) is -0.184.